The molecule has 0 bridgehead atoms. The maximum atomic E-state index is 6.04. The summed E-state index contributed by atoms with van der Waals surface area (Å²) in [6.07, 6.45) is 5.19. The van der Waals surface area contributed by atoms with E-state index in [0.29, 0.717) is 6.54 Å². The van der Waals surface area contributed by atoms with Gasteiger partial charge >= 0.3 is 0 Å². The molecule has 7 heteroatoms. The lowest BCUT2D eigenvalue weighted by Gasteiger charge is -2.37. The zero-order valence-corrected chi connectivity index (χ0v) is 19.7. The molecule has 3 aliphatic rings. The number of ether oxygens (including phenoxy) is 3. The standard InChI is InChI=1S/C22H33N3O3.HI/c1-2-23-22(25-11-13-27-21(15-25)20-8-5-12-26-20)24-14-18-6-3-4-7-19(18)28-16-17-9-10-17;/h3-4,6-7,17,20-21H,2,5,8-16H2,1H3,(H,23,24);1H. The van der Waals surface area contributed by atoms with Gasteiger partial charge in [0.05, 0.1) is 25.9 Å². The van der Waals surface area contributed by atoms with Gasteiger partial charge in [0.1, 0.15) is 11.9 Å². The minimum Gasteiger partial charge on any atom is -0.493 e. The topological polar surface area (TPSA) is 55.3 Å². The molecule has 0 spiro atoms. The smallest absolute Gasteiger partial charge is 0.194 e. The van der Waals surface area contributed by atoms with Crippen molar-refractivity contribution in [2.75, 3.05) is 39.5 Å². The molecule has 2 heterocycles. The van der Waals surface area contributed by atoms with Crippen LogP contribution in [-0.2, 0) is 16.0 Å². The summed E-state index contributed by atoms with van der Waals surface area (Å²) in [6, 6.07) is 8.27. The first-order valence-corrected chi connectivity index (χ1v) is 10.8. The number of nitrogens with one attached hydrogen (secondary N) is 1. The first-order chi connectivity index (χ1) is 13.8. The van der Waals surface area contributed by atoms with Gasteiger partial charge in [-0.05, 0) is 44.6 Å². The maximum absolute atomic E-state index is 6.04. The molecular formula is C22H34IN3O3. The van der Waals surface area contributed by atoms with Crippen molar-refractivity contribution in [2.45, 2.75) is 51.4 Å². The fourth-order valence-corrected chi connectivity index (χ4v) is 3.84. The van der Waals surface area contributed by atoms with Crippen LogP contribution < -0.4 is 10.1 Å². The molecule has 1 aliphatic carbocycles. The number of benzene rings is 1. The molecule has 3 fully saturated rings. The third-order valence-electron chi connectivity index (χ3n) is 5.65. The Bertz CT molecular complexity index is 662. The van der Waals surface area contributed by atoms with E-state index in [4.69, 9.17) is 19.2 Å². The number of rotatable bonds is 7. The molecule has 2 saturated heterocycles. The molecule has 2 unspecified atom stereocenters. The van der Waals surface area contributed by atoms with Crippen molar-refractivity contribution < 1.29 is 14.2 Å². The summed E-state index contributed by atoms with van der Waals surface area (Å²) in [7, 11) is 0. The van der Waals surface area contributed by atoms with E-state index in [1.807, 2.05) is 6.07 Å². The summed E-state index contributed by atoms with van der Waals surface area (Å²) in [6.45, 7) is 7.66. The van der Waals surface area contributed by atoms with E-state index in [2.05, 4.69) is 35.3 Å². The van der Waals surface area contributed by atoms with Crippen LogP contribution in [0, 0.1) is 5.92 Å². The summed E-state index contributed by atoms with van der Waals surface area (Å²) >= 11 is 0. The SMILES string of the molecule is CCNC(=NCc1ccccc1OCC1CC1)N1CCOC(C2CCCO2)C1.I. The Hall–Kier alpha value is -1.06. The average molecular weight is 515 g/mol. The van der Waals surface area contributed by atoms with Crippen LogP contribution in [0.3, 0.4) is 0 Å². The van der Waals surface area contributed by atoms with Crippen molar-refractivity contribution in [2.24, 2.45) is 10.9 Å². The third kappa shape index (κ3) is 6.46. The van der Waals surface area contributed by atoms with Crippen LogP contribution in [0.2, 0.25) is 0 Å². The zero-order chi connectivity index (χ0) is 19.2. The number of nitrogens with zero attached hydrogens (tertiary/aromatic N) is 2. The molecule has 1 aromatic carbocycles. The van der Waals surface area contributed by atoms with E-state index < -0.39 is 0 Å². The minimum atomic E-state index is 0. The molecule has 0 amide bonds. The predicted octanol–water partition coefficient (Wildman–Crippen LogP) is 3.44. The van der Waals surface area contributed by atoms with E-state index in [1.54, 1.807) is 0 Å². The van der Waals surface area contributed by atoms with Crippen molar-refractivity contribution in [3.05, 3.63) is 29.8 Å². The van der Waals surface area contributed by atoms with Crippen molar-refractivity contribution >= 4 is 29.9 Å². The van der Waals surface area contributed by atoms with Crippen LogP contribution in [0.15, 0.2) is 29.3 Å². The number of hydrogen-bond acceptors (Lipinski definition) is 4. The normalized spacial score (nSPS) is 24.9. The lowest BCUT2D eigenvalue weighted by atomic mass is 10.1. The van der Waals surface area contributed by atoms with Gasteiger partial charge in [0, 0.05) is 31.8 Å². The summed E-state index contributed by atoms with van der Waals surface area (Å²) < 4.78 is 17.9. The average Bonchev–Trinajstić information content (AvgIpc) is 3.40. The predicted molar refractivity (Wildman–Crippen MR) is 125 cm³/mol. The van der Waals surface area contributed by atoms with Gasteiger partial charge in [0.25, 0.3) is 0 Å². The quantitative estimate of drug-likeness (QED) is 0.343. The molecule has 2 aliphatic heterocycles. The summed E-state index contributed by atoms with van der Waals surface area (Å²) in [4.78, 5) is 7.24. The fourth-order valence-electron chi connectivity index (χ4n) is 3.84. The Labute approximate surface area is 191 Å². The van der Waals surface area contributed by atoms with E-state index >= 15 is 0 Å². The van der Waals surface area contributed by atoms with Crippen molar-refractivity contribution in [3.8, 4) is 5.75 Å². The lowest BCUT2D eigenvalue weighted by molar-refractivity contribution is -0.0817. The van der Waals surface area contributed by atoms with Gasteiger partial charge in [-0.3, -0.25) is 0 Å². The Morgan fingerprint density at radius 2 is 2.00 bits per heavy atom. The Morgan fingerprint density at radius 1 is 1.17 bits per heavy atom. The van der Waals surface area contributed by atoms with Gasteiger partial charge in [0.15, 0.2) is 5.96 Å². The Morgan fingerprint density at radius 3 is 2.76 bits per heavy atom. The molecule has 1 saturated carbocycles. The van der Waals surface area contributed by atoms with E-state index in [-0.39, 0.29) is 36.2 Å². The molecule has 2 atom stereocenters. The third-order valence-corrected chi connectivity index (χ3v) is 5.65. The molecule has 162 valence electrons. The molecule has 29 heavy (non-hydrogen) atoms. The number of aliphatic imine (C=N–C) groups is 1. The second-order valence-corrected chi connectivity index (χ2v) is 7.94. The maximum Gasteiger partial charge on any atom is 0.194 e. The number of para-hydroxylation sites is 1. The van der Waals surface area contributed by atoms with Crippen molar-refractivity contribution in [1.29, 1.82) is 0 Å². The van der Waals surface area contributed by atoms with Crippen LogP contribution in [0.25, 0.3) is 0 Å². The second-order valence-electron chi connectivity index (χ2n) is 7.94. The highest BCUT2D eigenvalue weighted by Crippen LogP contribution is 2.30. The Kier molecular flexibility index (Phi) is 8.86. The lowest BCUT2D eigenvalue weighted by Crippen LogP contribution is -2.53. The molecular weight excluding hydrogens is 481 g/mol. The molecule has 0 radical (unpaired) electrons. The highest BCUT2D eigenvalue weighted by Gasteiger charge is 2.32. The molecule has 0 aromatic heterocycles. The zero-order valence-electron chi connectivity index (χ0n) is 17.3. The molecule has 4 rings (SSSR count). The van der Waals surface area contributed by atoms with Crippen LogP contribution in [-0.4, -0.2) is 62.5 Å². The molecule has 6 nitrogen and oxygen atoms in total. The first kappa shape index (κ1) is 22.6. The van der Waals surface area contributed by atoms with Crippen LogP contribution in [0.1, 0.15) is 38.2 Å². The minimum absolute atomic E-state index is 0. The van der Waals surface area contributed by atoms with E-state index in [0.717, 1.165) is 75.5 Å². The van der Waals surface area contributed by atoms with E-state index in [9.17, 15) is 0 Å². The van der Waals surface area contributed by atoms with Crippen LogP contribution in [0.5, 0.6) is 5.75 Å². The van der Waals surface area contributed by atoms with Gasteiger partial charge in [-0.2, -0.15) is 0 Å². The van der Waals surface area contributed by atoms with Crippen molar-refractivity contribution in [1.82, 2.24) is 10.2 Å². The van der Waals surface area contributed by atoms with Gasteiger partial charge < -0.3 is 24.4 Å². The van der Waals surface area contributed by atoms with Crippen LogP contribution in [0.4, 0.5) is 0 Å². The highest BCUT2D eigenvalue weighted by molar-refractivity contribution is 14.0. The first-order valence-electron chi connectivity index (χ1n) is 10.8. The van der Waals surface area contributed by atoms with Gasteiger partial charge in [0.2, 0.25) is 0 Å². The number of hydrogen-bond donors (Lipinski definition) is 1. The summed E-state index contributed by atoms with van der Waals surface area (Å²) in [5, 5.41) is 3.45. The fraction of sp³-hybridized carbons (Fsp3) is 0.682. The largest absolute Gasteiger partial charge is 0.493 e. The van der Waals surface area contributed by atoms with Gasteiger partial charge in [-0.25, -0.2) is 4.99 Å². The summed E-state index contributed by atoms with van der Waals surface area (Å²) in [5.41, 5.74) is 1.14. The summed E-state index contributed by atoms with van der Waals surface area (Å²) in [5.74, 6) is 2.66. The van der Waals surface area contributed by atoms with Crippen LogP contribution >= 0.6 is 24.0 Å². The monoisotopic (exact) mass is 515 g/mol. The molecule has 1 aromatic rings. The number of morpholine rings is 1. The number of guanidine groups is 1. The van der Waals surface area contributed by atoms with Crippen molar-refractivity contribution in [3.63, 3.8) is 0 Å². The Balaban J connectivity index is 0.00000240. The highest BCUT2D eigenvalue weighted by atomic mass is 127. The number of halogens is 1. The van der Waals surface area contributed by atoms with E-state index in [1.165, 1.54) is 12.8 Å². The molecule has 1 N–H and O–H groups in total. The second kappa shape index (κ2) is 11.4. The van der Waals surface area contributed by atoms with Gasteiger partial charge in [-0.1, -0.05) is 18.2 Å². The van der Waals surface area contributed by atoms with Gasteiger partial charge in [-0.15, -0.1) is 24.0 Å².